The first-order valence-corrected chi connectivity index (χ1v) is 11.3. The summed E-state index contributed by atoms with van der Waals surface area (Å²) in [5, 5.41) is 0. The maximum absolute atomic E-state index is 12.8. The van der Waals surface area contributed by atoms with Gasteiger partial charge in [-0.05, 0) is 43.5 Å². The van der Waals surface area contributed by atoms with Gasteiger partial charge in [0.1, 0.15) is 0 Å². The highest BCUT2D eigenvalue weighted by Gasteiger charge is 2.36. The number of hydrogen-bond acceptors (Lipinski definition) is 5. The van der Waals surface area contributed by atoms with Crippen LogP contribution in [0.25, 0.3) is 0 Å². The second kappa shape index (κ2) is 9.24. The van der Waals surface area contributed by atoms with Crippen LogP contribution >= 0.6 is 12.4 Å². The molecule has 1 aliphatic heterocycles. The highest BCUT2D eigenvalue weighted by atomic mass is 35.5. The molecule has 0 bridgehead atoms. The van der Waals surface area contributed by atoms with Crippen molar-refractivity contribution in [1.82, 2.24) is 9.80 Å². The van der Waals surface area contributed by atoms with Gasteiger partial charge in [0.25, 0.3) is 5.91 Å². The molecule has 2 aliphatic rings. The van der Waals surface area contributed by atoms with Gasteiger partial charge < -0.3 is 15.5 Å². The summed E-state index contributed by atoms with van der Waals surface area (Å²) < 4.78 is 23.4. The van der Waals surface area contributed by atoms with Crippen molar-refractivity contribution in [3.63, 3.8) is 0 Å². The molecule has 1 aliphatic carbocycles. The highest BCUT2D eigenvalue weighted by Crippen LogP contribution is 2.32. The third kappa shape index (κ3) is 4.85. The summed E-state index contributed by atoms with van der Waals surface area (Å²) in [5.74, 6) is 0.252. The predicted molar refractivity (Wildman–Crippen MR) is 109 cm³/mol. The second-order valence-corrected chi connectivity index (χ2v) is 9.47. The Bertz CT molecular complexity index is 822. The fraction of sp³-hybridized carbons (Fsp3) is 0.579. The van der Waals surface area contributed by atoms with Crippen LogP contribution in [0, 0.1) is 11.8 Å². The Labute approximate surface area is 172 Å². The minimum Gasteiger partial charge on any atom is -0.339 e. The van der Waals surface area contributed by atoms with Crippen molar-refractivity contribution < 1.29 is 18.0 Å². The van der Waals surface area contributed by atoms with Gasteiger partial charge in [-0.2, -0.15) is 0 Å². The van der Waals surface area contributed by atoms with Gasteiger partial charge in [0.2, 0.25) is 5.91 Å². The monoisotopic (exact) mass is 429 g/mol. The number of piperazine rings is 1. The largest absolute Gasteiger partial charge is 0.339 e. The quantitative estimate of drug-likeness (QED) is 0.774. The van der Waals surface area contributed by atoms with Gasteiger partial charge in [0.05, 0.1) is 4.90 Å². The van der Waals surface area contributed by atoms with Crippen molar-refractivity contribution in [2.45, 2.75) is 24.2 Å². The fourth-order valence-electron chi connectivity index (χ4n) is 4.05. The molecule has 1 saturated heterocycles. The van der Waals surface area contributed by atoms with Crippen molar-refractivity contribution in [3.05, 3.63) is 29.8 Å². The Morgan fingerprint density at radius 3 is 2.36 bits per heavy atom. The molecule has 0 unspecified atom stereocenters. The van der Waals surface area contributed by atoms with Gasteiger partial charge in [0.15, 0.2) is 9.84 Å². The summed E-state index contributed by atoms with van der Waals surface area (Å²) in [6.07, 6.45) is 4.09. The molecule has 2 atom stereocenters. The Hall–Kier alpha value is -1.64. The average Bonchev–Trinajstić information content (AvgIpc) is 3.15. The first kappa shape index (κ1) is 22.6. The van der Waals surface area contributed by atoms with Crippen LogP contribution in [-0.2, 0) is 14.6 Å². The normalized spacial score (nSPS) is 22.6. The maximum Gasteiger partial charge on any atom is 0.254 e. The molecule has 9 heteroatoms. The molecule has 0 radical (unpaired) electrons. The van der Waals surface area contributed by atoms with E-state index in [2.05, 4.69) is 0 Å². The third-order valence-corrected chi connectivity index (χ3v) is 6.78. The number of halogens is 1. The van der Waals surface area contributed by atoms with E-state index in [1.54, 1.807) is 17.0 Å². The van der Waals surface area contributed by atoms with Gasteiger partial charge in [-0.1, -0.05) is 12.5 Å². The number of hydrogen-bond donors (Lipinski definition) is 1. The number of carbonyl (C=O) groups excluding carboxylic acids is 2. The number of rotatable bonds is 4. The van der Waals surface area contributed by atoms with Gasteiger partial charge in [-0.15, -0.1) is 12.4 Å². The van der Waals surface area contributed by atoms with Crippen molar-refractivity contribution in [2.24, 2.45) is 17.6 Å². The molecule has 156 valence electrons. The zero-order chi connectivity index (χ0) is 19.6. The van der Waals surface area contributed by atoms with Crippen LogP contribution in [0.2, 0.25) is 0 Å². The molecule has 1 aromatic carbocycles. The lowest BCUT2D eigenvalue weighted by Crippen LogP contribution is -2.52. The molecule has 0 aromatic heterocycles. The van der Waals surface area contributed by atoms with E-state index in [0.717, 1.165) is 25.5 Å². The summed E-state index contributed by atoms with van der Waals surface area (Å²) in [6.45, 7) is 2.46. The Balaban J connectivity index is 0.00000280. The summed E-state index contributed by atoms with van der Waals surface area (Å²) in [5.41, 5.74) is 6.15. The molecule has 28 heavy (non-hydrogen) atoms. The summed E-state index contributed by atoms with van der Waals surface area (Å²) in [4.78, 5) is 29.2. The van der Waals surface area contributed by atoms with E-state index in [4.69, 9.17) is 5.73 Å². The zero-order valence-electron chi connectivity index (χ0n) is 16.0. The van der Waals surface area contributed by atoms with E-state index in [9.17, 15) is 18.0 Å². The standard InChI is InChI=1S/C19H27N3O4S.ClH/c1-27(25,26)16-6-2-4-14(12-16)18(23)21-8-10-22(11-9-21)19(24)17-7-3-5-15(17)13-20;/h2,4,6,12,15,17H,3,5,7-11,13,20H2,1H3;1H/t15-,17-;/m1./s1. The molecule has 2 amide bonds. The molecule has 1 aromatic rings. The van der Waals surface area contributed by atoms with Crippen LogP contribution in [0.1, 0.15) is 29.6 Å². The summed E-state index contributed by atoms with van der Waals surface area (Å²) in [6, 6.07) is 6.10. The second-order valence-electron chi connectivity index (χ2n) is 7.45. The van der Waals surface area contributed by atoms with Crippen molar-refractivity contribution in [3.8, 4) is 0 Å². The smallest absolute Gasteiger partial charge is 0.254 e. The topological polar surface area (TPSA) is 101 Å². The van der Waals surface area contributed by atoms with Crippen LogP contribution in [0.5, 0.6) is 0 Å². The molecule has 0 spiro atoms. The summed E-state index contributed by atoms with van der Waals surface area (Å²) >= 11 is 0. The van der Waals surface area contributed by atoms with Crippen molar-refractivity contribution in [2.75, 3.05) is 39.0 Å². The Morgan fingerprint density at radius 1 is 1.11 bits per heavy atom. The van der Waals surface area contributed by atoms with Crippen LogP contribution in [0.3, 0.4) is 0 Å². The molecular weight excluding hydrogens is 402 g/mol. The number of nitrogens with two attached hydrogens (primary N) is 1. The summed E-state index contributed by atoms with van der Waals surface area (Å²) in [7, 11) is -3.36. The van der Waals surface area contributed by atoms with E-state index in [1.807, 2.05) is 4.90 Å². The zero-order valence-corrected chi connectivity index (χ0v) is 17.7. The molecule has 1 saturated carbocycles. The van der Waals surface area contributed by atoms with E-state index >= 15 is 0 Å². The van der Waals surface area contributed by atoms with Gasteiger partial charge >= 0.3 is 0 Å². The molecule has 7 nitrogen and oxygen atoms in total. The van der Waals surface area contributed by atoms with Crippen LogP contribution < -0.4 is 5.73 Å². The molecule has 2 fully saturated rings. The molecule has 3 rings (SSSR count). The lowest BCUT2D eigenvalue weighted by Gasteiger charge is -2.36. The van der Waals surface area contributed by atoms with Gasteiger partial charge in [-0.3, -0.25) is 9.59 Å². The number of carbonyl (C=O) groups is 2. The Morgan fingerprint density at radius 2 is 1.75 bits per heavy atom. The van der Waals surface area contributed by atoms with Gasteiger partial charge in [-0.25, -0.2) is 8.42 Å². The molecule has 2 N–H and O–H groups in total. The molecule has 1 heterocycles. The van der Waals surface area contributed by atoms with E-state index in [-0.39, 0.29) is 41.0 Å². The van der Waals surface area contributed by atoms with Crippen LogP contribution in [0.15, 0.2) is 29.2 Å². The predicted octanol–water partition coefficient (Wildman–Crippen LogP) is 1.17. The number of amides is 2. The Kier molecular flexibility index (Phi) is 7.47. The first-order valence-electron chi connectivity index (χ1n) is 9.39. The minimum atomic E-state index is -3.36. The fourth-order valence-corrected chi connectivity index (χ4v) is 4.72. The van der Waals surface area contributed by atoms with E-state index in [0.29, 0.717) is 38.3 Å². The minimum absolute atomic E-state index is 0. The van der Waals surface area contributed by atoms with Crippen LogP contribution in [-0.4, -0.2) is 69.0 Å². The van der Waals surface area contributed by atoms with E-state index < -0.39 is 9.84 Å². The lowest BCUT2D eigenvalue weighted by atomic mass is 9.94. The van der Waals surface area contributed by atoms with Crippen molar-refractivity contribution in [1.29, 1.82) is 0 Å². The van der Waals surface area contributed by atoms with Crippen LogP contribution in [0.4, 0.5) is 0 Å². The first-order chi connectivity index (χ1) is 12.8. The van der Waals surface area contributed by atoms with E-state index in [1.165, 1.54) is 12.1 Å². The number of nitrogens with zero attached hydrogens (tertiary/aromatic N) is 2. The SMILES string of the molecule is CS(=O)(=O)c1cccc(C(=O)N2CCN(C(=O)[C@@H]3CCC[C@@H]3CN)CC2)c1.Cl. The average molecular weight is 430 g/mol. The maximum atomic E-state index is 12.8. The molecular formula is C19H28ClN3O4S. The number of benzene rings is 1. The van der Waals surface area contributed by atoms with Gasteiger partial charge in [0, 0.05) is 43.9 Å². The van der Waals surface area contributed by atoms with Crippen molar-refractivity contribution >= 4 is 34.1 Å². The lowest BCUT2D eigenvalue weighted by molar-refractivity contribution is -0.138. The third-order valence-electron chi connectivity index (χ3n) is 5.67. The highest BCUT2D eigenvalue weighted by molar-refractivity contribution is 7.90. The number of sulfone groups is 1.